The first-order chi connectivity index (χ1) is 8.93. The Balaban J connectivity index is 2.40. The zero-order valence-corrected chi connectivity index (χ0v) is 10.4. The Morgan fingerprint density at radius 1 is 1.21 bits per heavy atom. The van der Waals surface area contributed by atoms with E-state index in [2.05, 4.69) is 10.6 Å². The van der Waals surface area contributed by atoms with Crippen molar-refractivity contribution < 1.29 is 22.7 Å². The fraction of sp³-hybridized carbons (Fsp3) is 0.417. The SMILES string of the molecule is CNCCNC(=O)COc1ccc(C(F)(F)F)cc1. The number of halogens is 3. The van der Waals surface area contributed by atoms with Gasteiger partial charge in [0.25, 0.3) is 5.91 Å². The lowest BCUT2D eigenvalue weighted by atomic mass is 10.2. The van der Waals surface area contributed by atoms with Gasteiger partial charge in [0, 0.05) is 13.1 Å². The Bertz CT molecular complexity index is 404. The highest BCUT2D eigenvalue weighted by Gasteiger charge is 2.29. The van der Waals surface area contributed by atoms with Crippen LogP contribution in [0.5, 0.6) is 5.75 Å². The van der Waals surface area contributed by atoms with Gasteiger partial charge < -0.3 is 15.4 Å². The second-order valence-electron chi connectivity index (χ2n) is 3.76. The molecule has 0 fully saturated rings. The van der Waals surface area contributed by atoms with Crippen LogP contribution in [0.3, 0.4) is 0 Å². The third kappa shape index (κ3) is 5.60. The van der Waals surface area contributed by atoms with Crippen LogP contribution in [0.25, 0.3) is 0 Å². The Labute approximate surface area is 108 Å². The smallest absolute Gasteiger partial charge is 0.416 e. The summed E-state index contributed by atoms with van der Waals surface area (Å²) in [6.45, 7) is 0.868. The molecule has 1 aromatic carbocycles. The minimum atomic E-state index is -4.37. The number of alkyl halides is 3. The Morgan fingerprint density at radius 3 is 2.37 bits per heavy atom. The van der Waals surface area contributed by atoms with Crippen molar-refractivity contribution in [1.29, 1.82) is 0 Å². The van der Waals surface area contributed by atoms with E-state index in [9.17, 15) is 18.0 Å². The van der Waals surface area contributed by atoms with Crippen LogP contribution in [0.1, 0.15) is 5.56 Å². The van der Waals surface area contributed by atoms with Crippen LogP contribution in [0.4, 0.5) is 13.2 Å². The maximum Gasteiger partial charge on any atom is 0.416 e. The second kappa shape index (κ2) is 6.98. The third-order valence-electron chi connectivity index (χ3n) is 2.25. The third-order valence-corrected chi connectivity index (χ3v) is 2.25. The first-order valence-corrected chi connectivity index (χ1v) is 5.65. The average molecular weight is 276 g/mol. The van der Waals surface area contributed by atoms with Crippen LogP contribution in [0.15, 0.2) is 24.3 Å². The largest absolute Gasteiger partial charge is 0.484 e. The Kier molecular flexibility index (Phi) is 5.62. The molecule has 0 saturated heterocycles. The minimum Gasteiger partial charge on any atom is -0.484 e. The zero-order valence-electron chi connectivity index (χ0n) is 10.4. The fourth-order valence-corrected chi connectivity index (χ4v) is 1.27. The molecule has 0 aliphatic heterocycles. The fourth-order valence-electron chi connectivity index (χ4n) is 1.27. The Hall–Kier alpha value is -1.76. The normalized spacial score (nSPS) is 11.2. The van der Waals surface area contributed by atoms with Crippen LogP contribution < -0.4 is 15.4 Å². The molecule has 106 valence electrons. The summed E-state index contributed by atoms with van der Waals surface area (Å²) in [5, 5.41) is 5.44. The van der Waals surface area contributed by atoms with Crippen molar-refractivity contribution >= 4 is 5.91 Å². The molecule has 0 aliphatic rings. The van der Waals surface area contributed by atoms with Gasteiger partial charge in [-0.25, -0.2) is 0 Å². The molecule has 0 radical (unpaired) electrons. The number of carbonyl (C=O) groups is 1. The molecule has 7 heteroatoms. The first kappa shape index (κ1) is 15.3. The van der Waals surface area contributed by atoms with E-state index in [1.54, 1.807) is 7.05 Å². The molecular formula is C12H15F3N2O2. The van der Waals surface area contributed by atoms with E-state index >= 15 is 0 Å². The van der Waals surface area contributed by atoms with Crippen LogP contribution in [0, 0.1) is 0 Å². The van der Waals surface area contributed by atoms with E-state index < -0.39 is 11.7 Å². The molecular weight excluding hydrogens is 261 g/mol. The maximum atomic E-state index is 12.3. The first-order valence-electron chi connectivity index (χ1n) is 5.65. The summed E-state index contributed by atoms with van der Waals surface area (Å²) >= 11 is 0. The number of carbonyl (C=O) groups excluding carboxylic acids is 1. The summed E-state index contributed by atoms with van der Waals surface area (Å²) in [6.07, 6.45) is -4.37. The second-order valence-corrected chi connectivity index (χ2v) is 3.76. The number of nitrogens with one attached hydrogen (secondary N) is 2. The van der Waals surface area contributed by atoms with Crippen molar-refractivity contribution in [1.82, 2.24) is 10.6 Å². The summed E-state index contributed by atoms with van der Waals surface area (Å²) in [6, 6.07) is 4.19. The average Bonchev–Trinajstić information content (AvgIpc) is 2.36. The monoisotopic (exact) mass is 276 g/mol. The van der Waals surface area contributed by atoms with Gasteiger partial charge in [0.05, 0.1) is 5.56 Å². The van der Waals surface area contributed by atoms with E-state index in [4.69, 9.17) is 4.74 Å². The zero-order chi connectivity index (χ0) is 14.3. The van der Waals surface area contributed by atoms with Crippen molar-refractivity contribution in [3.63, 3.8) is 0 Å². The highest BCUT2D eigenvalue weighted by Crippen LogP contribution is 2.30. The molecule has 0 aliphatic carbocycles. The van der Waals surface area contributed by atoms with Crippen molar-refractivity contribution in [2.45, 2.75) is 6.18 Å². The summed E-state index contributed by atoms with van der Waals surface area (Å²) in [4.78, 5) is 11.3. The summed E-state index contributed by atoms with van der Waals surface area (Å²) in [7, 11) is 1.75. The van der Waals surface area contributed by atoms with Gasteiger partial charge in [0.2, 0.25) is 0 Å². The van der Waals surface area contributed by atoms with Crippen molar-refractivity contribution in [3.8, 4) is 5.75 Å². The van der Waals surface area contributed by atoms with Gasteiger partial charge >= 0.3 is 6.18 Å². The van der Waals surface area contributed by atoms with Crippen molar-refractivity contribution in [3.05, 3.63) is 29.8 Å². The molecule has 19 heavy (non-hydrogen) atoms. The molecule has 2 N–H and O–H groups in total. The summed E-state index contributed by atoms with van der Waals surface area (Å²) in [5.41, 5.74) is -0.752. The molecule has 1 rings (SSSR count). The predicted octanol–water partition coefficient (Wildman–Crippen LogP) is 1.42. The van der Waals surface area contributed by atoms with Gasteiger partial charge in [0.1, 0.15) is 5.75 Å². The maximum absolute atomic E-state index is 12.3. The van der Waals surface area contributed by atoms with E-state index in [1.807, 2.05) is 0 Å². The van der Waals surface area contributed by atoms with E-state index in [0.717, 1.165) is 12.1 Å². The number of hydrogen-bond acceptors (Lipinski definition) is 3. The van der Waals surface area contributed by atoms with Gasteiger partial charge in [-0.1, -0.05) is 0 Å². The van der Waals surface area contributed by atoms with E-state index in [1.165, 1.54) is 12.1 Å². The van der Waals surface area contributed by atoms with Gasteiger partial charge in [-0.05, 0) is 31.3 Å². The van der Waals surface area contributed by atoms with Crippen LogP contribution in [0.2, 0.25) is 0 Å². The number of hydrogen-bond donors (Lipinski definition) is 2. The number of benzene rings is 1. The molecule has 0 heterocycles. The Morgan fingerprint density at radius 2 is 1.84 bits per heavy atom. The molecule has 0 spiro atoms. The minimum absolute atomic E-state index is 0.219. The molecule has 1 aromatic rings. The quantitative estimate of drug-likeness (QED) is 0.773. The van der Waals surface area contributed by atoms with Crippen LogP contribution >= 0.6 is 0 Å². The lowest BCUT2D eigenvalue weighted by molar-refractivity contribution is -0.137. The van der Waals surface area contributed by atoms with Gasteiger partial charge in [-0.15, -0.1) is 0 Å². The lowest BCUT2D eigenvalue weighted by Crippen LogP contribution is -2.33. The molecule has 0 saturated carbocycles. The number of rotatable bonds is 6. The molecule has 1 amide bonds. The topological polar surface area (TPSA) is 50.4 Å². The van der Waals surface area contributed by atoms with Gasteiger partial charge in [-0.3, -0.25) is 4.79 Å². The number of ether oxygens (including phenoxy) is 1. The van der Waals surface area contributed by atoms with E-state index in [-0.39, 0.29) is 18.3 Å². The van der Waals surface area contributed by atoms with Crippen LogP contribution in [-0.2, 0) is 11.0 Å². The molecule has 0 unspecified atom stereocenters. The van der Waals surface area contributed by atoms with Crippen molar-refractivity contribution in [2.75, 3.05) is 26.7 Å². The van der Waals surface area contributed by atoms with Crippen LogP contribution in [-0.4, -0.2) is 32.7 Å². The predicted molar refractivity (Wildman–Crippen MR) is 63.9 cm³/mol. The van der Waals surface area contributed by atoms with Gasteiger partial charge in [0.15, 0.2) is 6.61 Å². The highest BCUT2D eigenvalue weighted by atomic mass is 19.4. The van der Waals surface area contributed by atoms with Gasteiger partial charge in [-0.2, -0.15) is 13.2 Å². The van der Waals surface area contributed by atoms with E-state index in [0.29, 0.717) is 13.1 Å². The van der Waals surface area contributed by atoms with Crippen molar-refractivity contribution in [2.24, 2.45) is 0 Å². The lowest BCUT2D eigenvalue weighted by Gasteiger charge is -2.09. The summed E-state index contributed by atoms with van der Waals surface area (Å²) in [5.74, 6) is -0.105. The highest BCUT2D eigenvalue weighted by molar-refractivity contribution is 5.77. The number of amides is 1. The molecule has 0 atom stereocenters. The summed E-state index contributed by atoms with van der Waals surface area (Å²) < 4.78 is 42.0. The molecule has 0 bridgehead atoms. The number of likely N-dealkylation sites (N-methyl/N-ethyl adjacent to an activating group) is 1. The standard InChI is InChI=1S/C12H15F3N2O2/c1-16-6-7-17-11(18)8-19-10-4-2-9(3-5-10)12(13,14)15/h2-5,16H,6-8H2,1H3,(H,17,18). The molecule has 0 aromatic heterocycles. The molecule has 4 nitrogen and oxygen atoms in total.